The molecule has 0 saturated heterocycles. The molecule has 0 bridgehead atoms. The van der Waals surface area contributed by atoms with Crippen LogP contribution in [0.2, 0.25) is 0 Å². The molecule has 3 heteroatoms. The van der Waals surface area contributed by atoms with Crippen molar-refractivity contribution < 1.29 is 5.11 Å². The van der Waals surface area contributed by atoms with Crippen molar-refractivity contribution in [2.45, 2.75) is 27.2 Å². The van der Waals surface area contributed by atoms with E-state index in [0.29, 0.717) is 5.57 Å². The highest BCUT2D eigenvalue weighted by Gasteiger charge is 1.98. The zero-order valence-electron chi connectivity index (χ0n) is 7.89. The molecule has 0 aromatic carbocycles. The van der Waals surface area contributed by atoms with Gasteiger partial charge in [-0.25, -0.2) is 0 Å². The Morgan fingerprint density at radius 3 is 2.33 bits per heavy atom. The van der Waals surface area contributed by atoms with Gasteiger partial charge in [0.2, 0.25) is 5.88 Å². The van der Waals surface area contributed by atoms with E-state index in [1.807, 2.05) is 13.8 Å². The van der Waals surface area contributed by atoms with E-state index in [0.717, 1.165) is 12.0 Å². The van der Waals surface area contributed by atoms with E-state index in [1.54, 1.807) is 6.92 Å². The molecule has 0 unspecified atom stereocenters. The Morgan fingerprint density at radius 1 is 1.50 bits per heavy atom. The number of hydrogen-bond acceptors (Lipinski definition) is 2. The van der Waals surface area contributed by atoms with Gasteiger partial charge in [-0.1, -0.05) is 13.5 Å². The molecule has 0 heterocycles. The van der Waals surface area contributed by atoms with Crippen molar-refractivity contribution in [2.75, 3.05) is 0 Å². The number of aliphatic hydroxyl groups is 1. The summed E-state index contributed by atoms with van der Waals surface area (Å²) in [6.45, 7) is 9.10. The molecule has 0 atom stereocenters. The van der Waals surface area contributed by atoms with Crippen molar-refractivity contribution in [3.05, 3.63) is 23.6 Å². The van der Waals surface area contributed by atoms with Crippen molar-refractivity contribution in [2.24, 2.45) is 10.7 Å². The van der Waals surface area contributed by atoms with Crippen LogP contribution >= 0.6 is 0 Å². The van der Waals surface area contributed by atoms with Gasteiger partial charge in [-0.05, 0) is 31.4 Å². The first-order chi connectivity index (χ1) is 5.49. The number of nitrogens with zero attached hydrogens (tertiary/aromatic N) is 1. The van der Waals surface area contributed by atoms with Crippen LogP contribution in [0.5, 0.6) is 0 Å². The number of aliphatic imine (C=N–C) groups is 1. The van der Waals surface area contributed by atoms with E-state index in [9.17, 15) is 5.11 Å². The molecule has 0 aromatic heterocycles. The van der Waals surface area contributed by atoms with Crippen LogP contribution in [0.25, 0.3) is 0 Å². The second kappa shape index (κ2) is 4.59. The molecule has 0 aliphatic rings. The lowest BCUT2D eigenvalue weighted by molar-refractivity contribution is 0.397. The fraction of sp³-hybridized carbons (Fsp3) is 0.444. The second-order valence-electron chi connectivity index (χ2n) is 2.73. The number of amidine groups is 1. The van der Waals surface area contributed by atoms with Gasteiger partial charge in [0.15, 0.2) is 0 Å². The van der Waals surface area contributed by atoms with Crippen molar-refractivity contribution >= 4 is 5.84 Å². The Morgan fingerprint density at radius 2 is 2.00 bits per heavy atom. The summed E-state index contributed by atoms with van der Waals surface area (Å²) in [6.07, 6.45) is 0.763. The number of nitrogens with two attached hydrogens (primary N) is 1. The normalized spacial score (nSPS) is 14.1. The lowest BCUT2D eigenvalue weighted by Crippen LogP contribution is -2.12. The first-order valence-corrected chi connectivity index (χ1v) is 3.87. The fourth-order valence-corrected chi connectivity index (χ4v) is 0.463. The van der Waals surface area contributed by atoms with Crippen molar-refractivity contribution in [3.63, 3.8) is 0 Å². The number of rotatable bonds is 3. The smallest absolute Gasteiger partial charge is 0.211 e. The zero-order valence-corrected chi connectivity index (χ0v) is 7.89. The average Bonchev–Trinajstić information content (AvgIpc) is 2.02. The Labute approximate surface area is 73.3 Å². The van der Waals surface area contributed by atoms with Crippen molar-refractivity contribution in [1.29, 1.82) is 0 Å². The molecule has 0 rings (SSSR count). The maximum Gasteiger partial charge on any atom is 0.211 e. The van der Waals surface area contributed by atoms with E-state index in [1.165, 1.54) is 0 Å². The summed E-state index contributed by atoms with van der Waals surface area (Å²) >= 11 is 0. The third kappa shape index (κ3) is 3.23. The molecule has 3 nitrogen and oxygen atoms in total. The van der Waals surface area contributed by atoms with E-state index in [2.05, 4.69) is 11.6 Å². The molecule has 0 saturated carbocycles. The standard InChI is InChI=1S/C9H16N2O/c1-5-7(4)9(12)11-8(10)6(2)3/h12H,2,5H2,1,3-4H3,(H2,10,11)/b9-7-. The molecule has 0 radical (unpaired) electrons. The van der Waals surface area contributed by atoms with E-state index >= 15 is 0 Å². The number of aliphatic hydroxyl groups excluding tert-OH is 1. The first-order valence-electron chi connectivity index (χ1n) is 3.87. The zero-order chi connectivity index (χ0) is 9.72. The molecular formula is C9H16N2O. The first kappa shape index (κ1) is 10.8. The minimum absolute atomic E-state index is 0.00185. The summed E-state index contributed by atoms with van der Waals surface area (Å²) < 4.78 is 0. The summed E-state index contributed by atoms with van der Waals surface area (Å²) in [4.78, 5) is 3.78. The summed E-state index contributed by atoms with van der Waals surface area (Å²) in [5.74, 6) is 0.276. The van der Waals surface area contributed by atoms with Crippen LogP contribution < -0.4 is 5.73 Å². The molecule has 0 aromatic rings. The van der Waals surface area contributed by atoms with Gasteiger partial charge in [0.1, 0.15) is 5.84 Å². The van der Waals surface area contributed by atoms with E-state index in [4.69, 9.17) is 5.73 Å². The SMILES string of the molecule is C=C(C)/C(N)=N\C(O)=C(/C)CC. The van der Waals surface area contributed by atoms with Crippen LogP contribution in [0.1, 0.15) is 27.2 Å². The van der Waals surface area contributed by atoms with Gasteiger partial charge in [0.25, 0.3) is 0 Å². The third-order valence-corrected chi connectivity index (χ3v) is 1.58. The van der Waals surface area contributed by atoms with Crippen LogP contribution in [0.3, 0.4) is 0 Å². The minimum Gasteiger partial charge on any atom is -0.493 e. The summed E-state index contributed by atoms with van der Waals surface area (Å²) in [5.41, 5.74) is 6.94. The molecule has 0 amide bonds. The quantitative estimate of drug-likeness (QED) is 0.385. The molecule has 0 aliphatic carbocycles. The average molecular weight is 168 g/mol. The number of allylic oxidation sites excluding steroid dienone is 1. The van der Waals surface area contributed by atoms with Crippen LogP contribution in [-0.4, -0.2) is 10.9 Å². The molecule has 0 aliphatic heterocycles. The molecule has 0 spiro atoms. The van der Waals surface area contributed by atoms with Gasteiger partial charge in [-0.2, -0.15) is 4.99 Å². The second-order valence-corrected chi connectivity index (χ2v) is 2.73. The third-order valence-electron chi connectivity index (χ3n) is 1.58. The highest BCUT2D eigenvalue weighted by atomic mass is 16.3. The molecule has 0 fully saturated rings. The number of hydrogen-bond donors (Lipinski definition) is 2. The summed E-state index contributed by atoms with van der Waals surface area (Å²) in [7, 11) is 0. The van der Waals surface area contributed by atoms with Gasteiger partial charge < -0.3 is 10.8 Å². The van der Waals surface area contributed by atoms with Gasteiger partial charge in [-0.3, -0.25) is 0 Å². The Hall–Kier alpha value is -1.25. The van der Waals surface area contributed by atoms with Gasteiger partial charge in [0.05, 0.1) is 0 Å². The highest BCUT2D eigenvalue weighted by Crippen LogP contribution is 2.06. The fourth-order valence-electron chi connectivity index (χ4n) is 0.463. The minimum atomic E-state index is -0.00185. The summed E-state index contributed by atoms with van der Waals surface area (Å²) in [6, 6.07) is 0. The van der Waals surface area contributed by atoms with Crippen LogP contribution in [0.4, 0.5) is 0 Å². The maximum atomic E-state index is 9.31. The molecular weight excluding hydrogens is 152 g/mol. The van der Waals surface area contributed by atoms with Crippen LogP contribution in [0.15, 0.2) is 28.6 Å². The topological polar surface area (TPSA) is 58.6 Å². The van der Waals surface area contributed by atoms with Gasteiger partial charge in [-0.15, -0.1) is 0 Å². The lowest BCUT2D eigenvalue weighted by atomic mass is 10.2. The molecule has 68 valence electrons. The van der Waals surface area contributed by atoms with Crippen molar-refractivity contribution in [1.82, 2.24) is 0 Å². The monoisotopic (exact) mass is 168 g/mol. The Bertz CT molecular complexity index is 239. The van der Waals surface area contributed by atoms with Crippen LogP contribution in [0, 0.1) is 0 Å². The lowest BCUT2D eigenvalue weighted by Gasteiger charge is -2.00. The maximum absolute atomic E-state index is 9.31. The predicted octanol–water partition coefficient (Wildman–Crippen LogP) is 2.12. The van der Waals surface area contributed by atoms with Gasteiger partial charge >= 0.3 is 0 Å². The van der Waals surface area contributed by atoms with Crippen LogP contribution in [-0.2, 0) is 0 Å². The van der Waals surface area contributed by atoms with E-state index < -0.39 is 0 Å². The Kier molecular flexibility index (Phi) is 4.11. The largest absolute Gasteiger partial charge is 0.493 e. The van der Waals surface area contributed by atoms with E-state index in [-0.39, 0.29) is 11.7 Å². The Balaban J connectivity index is 4.64. The van der Waals surface area contributed by atoms with Crippen molar-refractivity contribution in [3.8, 4) is 0 Å². The predicted molar refractivity (Wildman–Crippen MR) is 52.1 cm³/mol. The summed E-state index contributed by atoms with van der Waals surface area (Å²) in [5, 5.41) is 9.31. The van der Waals surface area contributed by atoms with Gasteiger partial charge in [0, 0.05) is 0 Å². The highest BCUT2D eigenvalue weighted by molar-refractivity contribution is 5.96. The molecule has 12 heavy (non-hydrogen) atoms. The molecule has 3 N–H and O–H groups in total.